The number of benzene rings is 2. The average molecular weight is 398 g/mol. The number of aryl methyl sites for hydroxylation is 1. The molecule has 2 aromatic heterocycles. The summed E-state index contributed by atoms with van der Waals surface area (Å²) < 4.78 is 44.0. The molecular formula is C21H13F3N2O3. The maximum absolute atomic E-state index is 12.9. The van der Waals surface area contributed by atoms with E-state index in [-0.39, 0.29) is 16.8 Å². The Bertz CT molecular complexity index is 1330. The summed E-state index contributed by atoms with van der Waals surface area (Å²) in [6, 6.07) is 12.4. The highest BCUT2D eigenvalue weighted by atomic mass is 19.4. The lowest BCUT2D eigenvalue weighted by atomic mass is 10.1. The van der Waals surface area contributed by atoms with Crippen molar-refractivity contribution in [3.8, 4) is 0 Å². The highest BCUT2D eigenvalue weighted by Gasteiger charge is 2.31. The highest BCUT2D eigenvalue weighted by Crippen LogP contribution is 2.30. The molecule has 0 saturated heterocycles. The Morgan fingerprint density at radius 1 is 1.07 bits per heavy atom. The maximum Gasteiger partial charge on any atom is 0.416 e. The van der Waals surface area contributed by atoms with Gasteiger partial charge in [0.15, 0.2) is 0 Å². The smallest absolute Gasteiger partial charge is 0.416 e. The van der Waals surface area contributed by atoms with Crippen molar-refractivity contribution in [3.63, 3.8) is 0 Å². The molecule has 146 valence electrons. The van der Waals surface area contributed by atoms with Crippen molar-refractivity contribution >= 4 is 33.6 Å². The fourth-order valence-electron chi connectivity index (χ4n) is 3.12. The van der Waals surface area contributed by atoms with E-state index < -0.39 is 23.3 Å². The number of hydrogen-bond donors (Lipinski definition) is 1. The second-order valence-corrected chi connectivity index (χ2v) is 6.47. The lowest BCUT2D eigenvalue weighted by Crippen LogP contribution is -2.15. The van der Waals surface area contributed by atoms with Crippen LogP contribution in [0.2, 0.25) is 0 Å². The molecule has 0 fully saturated rings. The number of alkyl halides is 3. The van der Waals surface area contributed by atoms with E-state index in [0.717, 1.165) is 18.2 Å². The van der Waals surface area contributed by atoms with Gasteiger partial charge in [-0.3, -0.25) is 4.79 Å². The number of pyridine rings is 1. The van der Waals surface area contributed by atoms with Crippen LogP contribution in [0.1, 0.15) is 21.5 Å². The summed E-state index contributed by atoms with van der Waals surface area (Å²) in [5.41, 5.74) is -0.420. The third-order valence-electron chi connectivity index (χ3n) is 4.46. The fraction of sp³-hybridized carbons (Fsp3) is 0.0952. The molecule has 8 heteroatoms. The molecule has 0 aliphatic rings. The van der Waals surface area contributed by atoms with E-state index in [1.54, 1.807) is 31.2 Å². The van der Waals surface area contributed by atoms with Crippen LogP contribution in [0.15, 0.2) is 63.8 Å². The lowest BCUT2D eigenvalue weighted by Gasteiger charge is -2.11. The number of hydrogen-bond acceptors (Lipinski definition) is 4. The predicted molar refractivity (Wildman–Crippen MR) is 102 cm³/mol. The second kappa shape index (κ2) is 6.73. The van der Waals surface area contributed by atoms with Crippen LogP contribution in [0.5, 0.6) is 0 Å². The molecule has 0 radical (unpaired) electrons. The standard InChI is InChI=1S/C21H13F3N2O3/c1-11-9-16(26-19(27)12-5-4-6-13(10-12)21(22,23)24)25-18-14-7-2-3-8-15(14)29-20(28)17(11)18/h2-10H,1H3,(H,25,26,27). The van der Waals surface area contributed by atoms with Gasteiger partial charge in [0.05, 0.1) is 16.5 Å². The number of halogens is 3. The summed E-state index contributed by atoms with van der Waals surface area (Å²) >= 11 is 0. The number of nitrogens with zero attached hydrogens (tertiary/aromatic N) is 1. The van der Waals surface area contributed by atoms with Crippen molar-refractivity contribution in [2.45, 2.75) is 13.1 Å². The lowest BCUT2D eigenvalue weighted by molar-refractivity contribution is -0.137. The number of nitrogens with one attached hydrogen (secondary N) is 1. The van der Waals surface area contributed by atoms with Gasteiger partial charge in [-0.1, -0.05) is 18.2 Å². The van der Waals surface area contributed by atoms with E-state index in [0.29, 0.717) is 22.0 Å². The minimum absolute atomic E-state index is 0.119. The van der Waals surface area contributed by atoms with Gasteiger partial charge in [-0.05, 0) is 48.9 Å². The number of fused-ring (bicyclic) bond motifs is 3. The molecular weight excluding hydrogens is 385 g/mol. The summed E-state index contributed by atoms with van der Waals surface area (Å²) in [4.78, 5) is 29.1. The van der Waals surface area contributed by atoms with E-state index >= 15 is 0 Å². The van der Waals surface area contributed by atoms with Gasteiger partial charge in [-0.25, -0.2) is 9.78 Å². The molecule has 4 aromatic rings. The van der Waals surface area contributed by atoms with Crippen molar-refractivity contribution in [2.75, 3.05) is 5.32 Å². The van der Waals surface area contributed by atoms with Crippen molar-refractivity contribution in [1.29, 1.82) is 0 Å². The van der Waals surface area contributed by atoms with Gasteiger partial charge in [0.2, 0.25) is 0 Å². The van der Waals surface area contributed by atoms with Gasteiger partial charge in [-0.2, -0.15) is 13.2 Å². The largest absolute Gasteiger partial charge is 0.422 e. The molecule has 0 atom stereocenters. The van der Waals surface area contributed by atoms with E-state index in [4.69, 9.17) is 4.42 Å². The quantitative estimate of drug-likeness (QED) is 0.384. The first kappa shape index (κ1) is 18.7. The third kappa shape index (κ3) is 3.44. The molecule has 0 unspecified atom stereocenters. The molecule has 0 saturated carbocycles. The normalized spacial score (nSPS) is 11.7. The highest BCUT2D eigenvalue weighted by molar-refractivity contribution is 6.07. The van der Waals surface area contributed by atoms with E-state index in [9.17, 15) is 22.8 Å². The van der Waals surface area contributed by atoms with Crippen LogP contribution < -0.4 is 10.9 Å². The number of carbonyl (C=O) groups excluding carboxylic acids is 1. The second-order valence-electron chi connectivity index (χ2n) is 6.47. The Balaban J connectivity index is 1.78. The van der Waals surface area contributed by atoms with Crippen molar-refractivity contribution in [2.24, 2.45) is 0 Å². The van der Waals surface area contributed by atoms with Crippen LogP contribution >= 0.6 is 0 Å². The Labute approximate surface area is 161 Å². The van der Waals surface area contributed by atoms with Crippen molar-refractivity contribution in [1.82, 2.24) is 4.98 Å². The minimum atomic E-state index is -4.55. The van der Waals surface area contributed by atoms with Gasteiger partial charge in [0.25, 0.3) is 5.91 Å². The Morgan fingerprint density at radius 3 is 2.59 bits per heavy atom. The summed E-state index contributed by atoms with van der Waals surface area (Å²) in [5, 5.41) is 3.37. The Hall–Kier alpha value is -3.68. The minimum Gasteiger partial charge on any atom is -0.422 e. The van der Waals surface area contributed by atoms with Gasteiger partial charge >= 0.3 is 11.8 Å². The Kier molecular flexibility index (Phi) is 4.34. The predicted octanol–water partition coefficient (Wildman–Crippen LogP) is 4.92. The first-order valence-corrected chi connectivity index (χ1v) is 8.56. The van der Waals surface area contributed by atoms with Gasteiger partial charge in [0.1, 0.15) is 11.4 Å². The zero-order valence-electron chi connectivity index (χ0n) is 15.0. The number of rotatable bonds is 2. The third-order valence-corrected chi connectivity index (χ3v) is 4.46. The molecule has 0 aliphatic carbocycles. The molecule has 0 aliphatic heterocycles. The molecule has 1 N–H and O–H groups in total. The molecule has 0 bridgehead atoms. The van der Waals surface area contributed by atoms with Crippen LogP contribution in [-0.4, -0.2) is 10.9 Å². The molecule has 2 aromatic carbocycles. The molecule has 1 amide bonds. The molecule has 4 rings (SSSR count). The van der Waals surface area contributed by atoms with Crippen LogP contribution in [0.3, 0.4) is 0 Å². The molecule has 5 nitrogen and oxygen atoms in total. The SMILES string of the molecule is Cc1cc(NC(=O)c2cccc(C(F)(F)F)c2)nc2c1c(=O)oc1ccccc12. The van der Waals surface area contributed by atoms with E-state index in [2.05, 4.69) is 10.3 Å². The summed E-state index contributed by atoms with van der Waals surface area (Å²) in [5.74, 6) is -0.622. The van der Waals surface area contributed by atoms with Crippen LogP contribution in [0.25, 0.3) is 21.9 Å². The number of amides is 1. The van der Waals surface area contributed by atoms with Crippen molar-refractivity contribution < 1.29 is 22.4 Å². The number of aromatic nitrogens is 1. The van der Waals surface area contributed by atoms with Crippen LogP contribution in [0, 0.1) is 6.92 Å². The van der Waals surface area contributed by atoms with E-state index in [1.165, 1.54) is 12.1 Å². The van der Waals surface area contributed by atoms with Crippen molar-refractivity contribution in [3.05, 3.63) is 81.7 Å². The first-order chi connectivity index (χ1) is 13.7. The molecule has 0 spiro atoms. The fourth-order valence-corrected chi connectivity index (χ4v) is 3.12. The monoisotopic (exact) mass is 398 g/mol. The van der Waals surface area contributed by atoms with Crippen LogP contribution in [0.4, 0.5) is 19.0 Å². The molecule has 29 heavy (non-hydrogen) atoms. The first-order valence-electron chi connectivity index (χ1n) is 8.56. The van der Waals surface area contributed by atoms with Gasteiger partial charge in [0, 0.05) is 10.9 Å². The number of anilines is 1. The molecule has 2 heterocycles. The topological polar surface area (TPSA) is 72.2 Å². The van der Waals surface area contributed by atoms with Gasteiger partial charge < -0.3 is 9.73 Å². The summed E-state index contributed by atoms with van der Waals surface area (Å²) in [6.07, 6.45) is -4.55. The van der Waals surface area contributed by atoms with E-state index in [1.807, 2.05) is 0 Å². The average Bonchev–Trinajstić information content (AvgIpc) is 2.67. The summed E-state index contributed by atoms with van der Waals surface area (Å²) in [6.45, 7) is 1.66. The zero-order valence-corrected chi connectivity index (χ0v) is 15.0. The Morgan fingerprint density at radius 2 is 1.83 bits per heavy atom. The van der Waals surface area contributed by atoms with Gasteiger partial charge in [-0.15, -0.1) is 0 Å². The zero-order chi connectivity index (χ0) is 20.8. The number of para-hydroxylation sites is 1. The summed E-state index contributed by atoms with van der Waals surface area (Å²) in [7, 11) is 0. The maximum atomic E-state index is 12.9. The number of carbonyl (C=O) groups is 1. The van der Waals surface area contributed by atoms with Crippen LogP contribution in [-0.2, 0) is 6.18 Å².